The smallest absolute Gasteiger partial charge is 0.275 e. The molecule has 0 aliphatic carbocycles. The molecular formula is C20H15N3O2. The molecule has 1 aromatic heterocycles. The Hall–Kier alpha value is -3.34. The van der Waals surface area contributed by atoms with Crippen molar-refractivity contribution in [2.24, 2.45) is 0 Å². The van der Waals surface area contributed by atoms with Crippen LogP contribution in [0.25, 0.3) is 16.5 Å². The highest BCUT2D eigenvalue weighted by Gasteiger charge is 2.37. The summed E-state index contributed by atoms with van der Waals surface area (Å²) in [5.41, 5.74) is 5.73. The van der Waals surface area contributed by atoms with Gasteiger partial charge in [-0.25, -0.2) is 0 Å². The van der Waals surface area contributed by atoms with Gasteiger partial charge in [0.05, 0.1) is 11.6 Å². The molecule has 5 nitrogen and oxygen atoms in total. The summed E-state index contributed by atoms with van der Waals surface area (Å²) in [5.74, 6) is -0.729. The number of imide groups is 1. The molecule has 5 heteroatoms. The highest BCUT2D eigenvalue weighted by Crippen LogP contribution is 2.40. The van der Waals surface area contributed by atoms with Crippen LogP contribution in [0.4, 0.5) is 0 Å². The molecular weight excluding hydrogens is 314 g/mol. The molecule has 2 aliphatic rings. The van der Waals surface area contributed by atoms with Crippen molar-refractivity contribution in [1.82, 2.24) is 15.6 Å². The van der Waals surface area contributed by atoms with Crippen LogP contribution in [-0.4, -0.2) is 16.8 Å². The zero-order valence-corrected chi connectivity index (χ0v) is 13.5. The summed E-state index contributed by atoms with van der Waals surface area (Å²) in [4.78, 5) is 27.9. The lowest BCUT2D eigenvalue weighted by atomic mass is 9.93. The van der Waals surface area contributed by atoms with Gasteiger partial charge >= 0.3 is 0 Å². The van der Waals surface area contributed by atoms with Crippen LogP contribution in [0.15, 0.2) is 54.4 Å². The van der Waals surface area contributed by atoms with Crippen LogP contribution in [-0.2, 0) is 9.59 Å². The lowest BCUT2D eigenvalue weighted by Gasteiger charge is -2.21. The van der Waals surface area contributed by atoms with Gasteiger partial charge in [-0.3, -0.25) is 14.9 Å². The van der Waals surface area contributed by atoms with Crippen LogP contribution < -0.4 is 10.6 Å². The van der Waals surface area contributed by atoms with Crippen LogP contribution in [0.3, 0.4) is 0 Å². The fourth-order valence-corrected chi connectivity index (χ4v) is 3.84. The third kappa shape index (κ3) is 1.89. The van der Waals surface area contributed by atoms with Gasteiger partial charge in [0.15, 0.2) is 0 Å². The Morgan fingerprint density at radius 1 is 1.00 bits per heavy atom. The summed E-state index contributed by atoms with van der Waals surface area (Å²) < 4.78 is 0. The topological polar surface area (TPSA) is 74.0 Å². The number of H-pyrrole nitrogens is 1. The molecule has 2 aliphatic heterocycles. The van der Waals surface area contributed by atoms with Crippen LogP contribution >= 0.6 is 0 Å². The molecule has 122 valence electrons. The van der Waals surface area contributed by atoms with E-state index in [1.165, 1.54) is 0 Å². The predicted octanol–water partition coefficient (Wildman–Crippen LogP) is 2.54. The first-order valence-corrected chi connectivity index (χ1v) is 8.17. The van der Waals surface area contributed by atoms with E-state index in [1.54, 1.807) is 0 Å². The van der Waals surface area contributed by atoms with E-state index in [9.17, 15) is 9.59 Å². The van der Waals surface area contributed by atoms with Crippen LogP contribution in [0.5, 0.6) is 0 Å². The second-order valence-electron chi connectivity index (χ2n) is 6.50. The number of benzene rings is 2. The molecule has 2 amide bonds. The number of aryl methyl sites for hydroxylation is 1. The van der Waals surface area contributed by atoms with Crippen molar-refractivity contribution in [3.63, 3.8) is 0 Å². The number of rotatable bonds is 1. The average molecular weight is 329 g/mol. The number of carbonyl (C=O) groups excluding carboxylic acids is 2. The molecule has 0 bridgehead atoms. The maximum absolute atomic E-state index is 12.4. The summed E-state index contributed by atoms with van der Waals surface area (Å²) >= 11 is 0. The van der Waals surface area contributed by atoms with E-state index in [1.807, 2.05) is 49.5 Å². The molecule has 0 saturated carbocycles. The van der Waals surface area contributed by atoms with E-state index in [0.29, 0.717) is 11.3 Å². The lowest BCUT2D eigenvalue weighted by molar-refractivity contribution is -0.123. The Labute approximate surface area is 143 Å². The summed E-state index contributed by atoms with van der Waals surface area (Å²) in [6.45, 7) is 2.04. The largest absolute Gasteiger partial charge is 0.369 e. The Kier molecular flexibility index (Phi) is 2.71. The first-order chi connectivity index (χ1) is 12.1. The lowest BCUT2D eigenvalue weighted by Crippen LogP contribution is -2.30. The zero-order valence-electron chi connectivity index (χ0n) is 13.5. The van der Waals surface area contributed by atoms with Gasteiger partial charge in [-0.1, -0.05) is 42.0 Å². The number of amides is 2. The van der Waals surface area contributed by atoms with Crippen LogP contribution in [0, 0.1) is 6.92 Å². The third-order valence-corrected chi connectivity index (χ3v) is 4.91. The Bertz CT molecular complexity index is 1110. The molecule has 2 aromatic carbocycles. The molecule has 25 heavy (non-hydrogen) atoms. The highest BCUT2D eigenvalue weighted by molar-refractivity contribution is 6.37. The number of nitrogens with one attached hydrogen (secondary N) is 3. The number of hydrogen-bond donors (Lipinski definition) is 3. The normalized spacial score (nSPS) is 18.8. The van der Waals surface area contributed by atoms with Crippen LogP contribution in [0.1, 0.15) is 28.3 Å². The quantitative estimate of drug-likeness (QED) is 0.601. The molecule has 1 unspecified atom stereocenters. The maximum atomic E-state index is 12.4. The summed E-state index contributed by atoms with van der Waals surface area (Å²) in [6, 6.07) is 14.0. The second kappa shape index (κ2) is 4.83. The van der Waals surface area contributed by atoms with Gasteiger partial charge in [0, 0.05) is 22.7 Å². The van der Waals surface area contributed by atoms with Gasteiger partial charge in [-0.2, -0.15) is 0 Å². The van der Waals surface area contributed by atoms with Crippen molar-refractivity contribution >= 4 is 28.3 Å². The van der Waals surface area contributed by atoms with Crippen molar-refractivity contribution in [3.05, 3.63) is 76.6 Å². The Morgan fingerprint density at radius 2 is 1.84 bits per heavy atom. The zero-order chi connectivity index (χ0) is 17.1. The van der Waals surface area contributed by atoms with E-state index in [-0.39, 0.29) is 17.9 Å². The van der Waals surface area contributed by atoms with Gasteiger partial charge in [-0.05, 0) is 24.1 Å². The molecule has 1 atom stereocenters. The third-order valence-electron chi connectivity index (χ3n) is 4.91. The Morgan fingerprint density at radius 3 is 2.68 bits per heavy atom. The standard InChI is InChI=1S/C20H15N3O2/c1-10-4-2-5-11(8-10)17-12-6-3-7-14-15(12)13(9-21-14)16-18(22-17)20(25)23-19(16)24/h2-9,17,21-22H,1H3,(H,23,24,25). The Balaban J connectivity index is 1.85. The number of fused-ring (bicyclic) bond motifs is 1. The highest BCUT2D eigenvalue weighted by atomic mass is 16.2. The molecule has 0 saturated heterocycles. The maximum Gasteiger partial charge on any atom is 0.275 e. The van der Waals surface area contributed by atoms with E-state index in [4.69, 9.17) is 0 Å². The van der Waals surface area contributed by atoms with Crippen LogP contribution in [0.2, 0.25) is 0 Å². The predicted molar refractivity (Wildman–Crippen MR) is 94.5 cm³/mol. The van der Waals surface area contributed by atoms with Crippen molar-refractivity contribution in [3.8, 4) is 0 Å². The van der Waals surface area contributed by atoms with Crippen molar-refractivity contribution in [2.75, 3.05) is 0 Å². The van der Waals surface area contributed by atoms with E-state index >= 15 is 0 Å². The summed E-state index contributed by atoms with van der Waals surface area (Å²) in [6.07, 6.45) is 1.81. The molecule has 3 heterocycles. The molecule has 0 radical (unpaired) electrons. The first-order valence-electron chi connectivity index (χ1n) is 8.17. The molecule has 5 rings (SSSR count). The molecule has 0 spiro atoms. The van der Waals surface area contributed by atoms with Crippen molar-refractivity contribution in [1.29, 1.82) is 0 Å². The number of aromatic amines is 1. The van der Waals surface area contributed by atoms with Gasteiger partial charge in [0.25, 0.3) is 11.8 Å². The van der Waals surface area contributed by atoms with Gasteiger partial charge < -0.3 is 10.3 Å². The van der Waals surface area contributed by atoms with Gasteiger partial charge in [0.1, 0.15) is 5.70 Å². The first kappa shape index (κ1) is 14.0. The molecule has 0 fully saturated rings. The van der Waals surface area contributed by atoms with Gasteiger partial charge in [-0.15, -0.1) is 0 Å². The average Bonchev–Trinajstić information content (AvgIpc) is 3.07. The fourth-order valence-electron chi connectivity index (χ4n) is 3.84. The summed E-state index contributed by atoms with van der Waals surface area (Å²) in [7, 11) is 0. The van der Waals surface area contributed by atoms with E-state index in [0.717, 1.165) is 33.2 Å². The van der Waals surface area contributed by atoms with Crippen molar-refractivity contribution in [2.45, 2.75) is 13.0 Å². The SMILES string of the molecule is Cc1cccc(C2NC3=C(C(=O)NC3=O)c3c[nH]c4cccc2c34)c1. The minimum atomic E-state index is -0.375. The summed E-state index contributed by atoms with van der Waals surface area (Å²) in [5, 5.41) is 6.72. The fraction of sp³-hybridized carbons (Fsp3) is 0.100. The number of carbonyl (C=O) groups is 2. The minimum absolute atomic E-state index is 0.206. The van der Waals surface area contributed by atoms with Crippen molar-refractivity contribution < 1.29 is 9.59 Å². The van der Waals surface area contributed by atoms with E-state index in [2.05, 4.69) is 21.7 Å². The molecule has 3 aromatic rings. The monoisotopic (exact) mass is 329 g/mol. The number of hydrogen-bond acceptors (Lipinski definition) is 3. The molecule has 3 N–H and O–H groups in total. The second-order valence-corrected chi connectivity index (χ2v) is 6.50. The number of aromatic nitrogens is 1. The van der Waals surface area contributed by atoms with Gasteiger partial charge in [0.2, 0.25) is 0 Å². The van der Waals surface area contributed by atoms with E-state index < -0.39 is 0 Å². The minimum Gasteiger partial charge on any atom is -0.369 e.